The molecule has 3 amide bonds. The number of nitrogens with one attached hydrogen (secondary N) is 1. The maximum atomic E-state index is 12.7. The summed E-state index contributed by atoms with van der Waals surface area (Å²) in [6.07, 6.45) is 0. The van der Waals surface area contributed by atoms with Crippen LogP contribution in [0, 0.1) is 0 Å². The van der Waals surface area contributed by atoms with Crippen LogP contribution >= 0.6 is 15.9 Å². The number of nitrogens with zero attached hydrogens (tertiary/aromatic N) is 2. The minimum atomic E-state index is -3.04. The highest BCUT2D eigenvalue weighted by Crippen LogP contribution is 2.22. The van der Waals surface area contributed by atoms with E-state index in [0.29, 0.717) is 4.67 Å². The highest BCUT2D eigenvalue weighted by molar-refractivity contribution is 9.10. The van der Waals surface area contributed by atoms with Gasteiger partial charge in [-0.15, -0.1) is 0 Å². The molecule has 1 aliphatic rings. The predicted octanol–water partition coefficient (Wildman–Crippen LogP) is 2.36. The van der Waals surface area contributed by atoms with Crippen molar-refractivity contribution in [2.45, 2.75) is 6.61 Å². The van der Waals surface area contributed by atoms with Crippen molar-refractivity contribution in [2.75, 3.05) is 32.7 Å². The number of hydrogen-bond acceptors (Lipinski definition) is 5. The lowest BCUT2D eigenvalue weighted by molar-refractivity contribution is -0.131. The van der Waals surface area contributed by atoms with Crippen molar-refractivity contribution in [3.05, 3.63) is 52.4 Å². The number of benzene rings is 1. The van der Waals surface area contributed by atoms with Gasteiger partial charge in [0.1, 0.15) is 5.75 Å². The number of rotatable bonds is 6. The van der Waals surface area contributed by atoms with E-state index >= 15 is 0 Å². The Balaban J connectivity index is 1.51. The number of halogens is 3. The quantitative estimate of drug-likeness (QED) is 0.677. The predicted molar refractivity (Wildman–Crippen MR) is 104 cm³/mol. The summed E-state index contributed by atoms with van der Waals surface area (Å²) in [4.78, 5) is 39.9. The lowest BCUT2D eigenvalue weighted by Gasteiger charge is -2.35. The molecule has 1 N–H and O–H groups in total. The summed E-state index contributed by atoms with van der Waals surface area (Å²) in [5.41, 5.74) is 0.0365. The number of alkyl halides is 2. The standard InChI is InChI=1S/C19H18BrF2N3O5/c20-15-6-5-14(29-15)17(27)23-11-16(26)24-7-9-25(10-8-24)18(28)12-3-1-2-4-13(12)30-19(21)22/h1-6,19H,7-11H2,(H,23,27). The Labute approximate surface area is 178 Å². The molecule has 30 heavy (non-hydrogen) atoms. The number of ether oxygens (including phenoxy) is 1. The van der Waals surface area contributed by atoms with E-state index in [2.05, 4.69) is 26.0 Å². The number of piperazine rings is 1. The van der Waals surface area contributed by atoms with Crippen LogP contribution in [0.5, 0.6) is 5.75 Å². The number of amides is 3. The van der Waals surface area contributed by atoms with E-state index in [4.69, 9.17) is 4.42 Å². The third kappa shape index (κ3) is 5.35. The van der Waals surface area contributed by atoms with Gasteiger partial charge < -0.3 is 24.3 Å². The van der Waals surface area contributed by atoms with Crippen LogP contribution in [-0.4, -0.2) is 66.9 Å². The molecule has 0 spiro atoms. The highest BCUT2D eigenvalue weighted by Gasteiger charge is 2.27. The number of furan rings is 1. The highest BCUT2D eigenvalue weighted by atomic mass is 79.9. The van der Waals surface area contributed by atoms with E-state index < -0.39 is 18.4 Å². The van der Waals surface area contributed by atoms with Gasteiger partial charge in [0, 0.05) is 26.2 Å². The van der Waals surface area contributed by atoms with Crippen LogP contribution in [0.2, 0.25) is 0 Å². The first-order chi connectivity index (χ1) is 14.3. The van der Waals surface area contributed by atoms with Crippen LogP contribution in [0.3, 0.4) is 0 Å². The summed E-state index contributed by atoms with van der Waals surface area (Å²) in [5, 5.41) is 2.48. The summed E-state index contributed by atoms with van der Waals surface area (Å²) < 4.78 is 35.0. The van der Waals surface area contributed by atoms with Crippen LogP contribution < -0.4 is 10.1 Å². The van der Waals surface area contributed by atoms with E-state index in [-0.39, 0.29) is 55.7 Å². The first-order valence-corrected chi connectivity index (χ1v) is 9.79. The minimum absolute atomic E-state index is 0.0365. The molecule has 160 valence electrons. The SMILES string of the molecule is O=C(NCC(=O)N1CCN(C(=O)c2ccccc2OC(F)F)CC1)c1ccc(Br)o1. The fraction of sp³-hybridized carbons (Fsp3) is 0.316. The normalized spacial score (nSPS) is 14.0. The Morgan fingerprint density at radius 2 is 1.73 bits per heavy atom. The van der Waals surface area contributed by atoms with Gasteiger partial charge in [-0.2, -0.15) is 8.78 Å². The van der Waals surface area contributed by atoms with Crippen LogP contribution in [0.25, 0.3) is 0 Å². The zero-order chi connectivity index (χ0) is 21.7. The molecule has 2 heterocycles. The van der Waals surface area contributed by atoms with Crippen LogP contribution in [-0.2, 0) is 4.79 Å². The molecule has 11 heteroatoms. The van der Waals surface area contributed by atoms with Gasteiger partial charge in [0.25, 0.3) is 11.8 Å². The molecule has 0 radical (unpaired) electrons. The lowest BCUT2D eigenvalue weighted by atomic mass is 10.1. The number of carbonyl (C=O) groups excluding carboxylic acids is 3. The average Bonchev–Trinajstić information content (AvgIpc) is 3.18. The van der Waals surface area contributed by atoms with E-state index in [9.17, 15) is 23.2 Å². The molecule has 0 unspecified atom stereocenters. The number of hydrogen-bond donors (Lipinski definition) is 1. The van der Waals surface area contributed by atoms with Crippen molar-refractivity contribution >= 4 is 33.7 Å². The smallest absolute Gasteiger partial charge is 0.387 e. The zero-order valence-corrected chi connectivity index (χ0v) is 17.2. The molecule has 1 aliphatic heterocycles. The van der Waals surface area contributed by atoms with E-state index in [1.807, 2.05) is 0 Å². The third-order valence-corrected chi connectivity index (χ3v) is 4.88. The lowest BCUT2D eigenvalue weighted by Crippen LogP contribution is -2.52. The van der Waals surface area contributed by atoms with E-state index in [1.165, 1.54) is 34.1 Å². The Morgan fingerprint density at radius 3 is 2.37 bits per heavy atom. The fourth-order valence-corrected chi connectivity index (χ4v) is 3.27. The summed E-state index contributed by atoms with van der Waals surface area (Å²) in [7, 11) is 0. The minimum Gasteiger partial charge on any atom is -0.444 e. The van der Waals surface area contributed by atoms with Crippen molar-refractivity contribution < 1.29 is 32.3 Å². The maximum Gasteiger partial charge on any atom is 0.387 e. The van der Waals surface area contributed by atoms with Crippen LogP contribution in [0.15, 0.2) is 45.5 Å². The second-order valence-corrected chi connectivity index (χ2v) is 7.12. The fourth-order valence-electron chi connectivity index (χ4n) is 2.96. The molecule has 1 aromatic carbocycles. The molecular formula is C19H18BrF2N3O5. The molecule has 0 bridgehead atoms. The van der Waals surface area contributed by atoms with Gasteiger partial charge >= 0.3 is 6.61 Å². The summed E-state index contributed by atoms with van der Waals surface area (Å²) >= 11 is 3.09. The molecule has 2 aromatic rings. The summed E-state index contributed by atoms with van der Waals surface area (Å²) in [5.74, 6) is -1.38. The van der Waals surface area contributed by atoms with Gasteiger partial charge in [-0.25, -0.2) is 0 Å². The van der Waals surface area contributed by atoms with Crippen LogP contribution in [0.1, 0.15) is 20.9 Å². The van der Waals surface area contributed by atoms with Crippen molar-refractivity contribution in [3.63, 3.8) is 0 Å². The molecule has 8 nitrogen and oxygen atoms in total. The first kappa shape index (κ1) is 21.8. The van der Waals surface area contributed by atoms with Gasteiger partial charge in [0.05, 0.1) is 12.1 Å². The van der Waals surface area contributed by atoms with Gasteiger partial charge in [0.2, 0.25) is 5.91 Å². The second-order valence-electron chi connectivity index (χ2n) is 6.33. The molecule has 0 saturated carbocycles. The topological polar surface area (TPSA) is 92.1 Å². The van der Waals surface area contributed by atoms with Crippen molar-refractivity contribution in [3.8, 4) is 5.75 Å². The molecule has 1 aromatic heterocycles. The summed E-state index contributed by atoms with van der Waals surface area (Å²) in [6, 6.07) is 8.83. The Hall–Kier alpha value is -2.95. The van der Waals surface area contributed by atoms with Crippen molar-refractivity contribution in [2.24, 2.45) is 0 Å². The van der Waals surface area contributed by atoms with Crippen molar-refractivity contribution in [1.82, 2.24) is 15.1 Å². The van der Waals surface area contributed by atoms with Gasteiger partial charge in [-0.1, -0.05) is 12.1 Å². The molecule has 3 rings (SSSR count). The Kier molecular flexibility index (Phi) is 7.03. The average molecular weight is 486 g/mol. The largest absolute Gasteiger partial charge is 0.444 e. The van der Waals surface area contributed by atoms with Gasteiger partial charge in [-0.05, 0) is 40.2 Å². The summed E-state index contributed by atoms with van der Waals surface area (Å²) in [6.45, 7) is -2.28. The number of carbonyl (C=O) groups is 3. The Morgan fingerprint density at radius 1 is 1.07 bits per heavy atom. The monoisotopic (exact) mass is 485 g/mol. The Bertz CT molecular complexity index is 928. The number of para-hydroxylation sites is 1. The van der Waals surface area contributed by atoms with Gasteiger partial charge in [-0.3, -0.25) is 14.4 Å². The second kappa shape index (κ2) is 9.70. The van der Waals surface area contributed by atoms with E-state index in [0.717, 1.165) is 0 Å². The zero-order valence-electron chi connectivity index (χ0n) is 15.6. The molecule has 1 fully saturated rings. The van der Waals surface area contributed by atoms with Crippen LogP contribution in [0.4, 0.5) is 8.78 Å². The molecule has 1 saturated heterocycles. The molecule has 0 atom stereocenters. The molecule has 0 aliphatic carbocycles. The molecular weight excluding hydrogens is 468 g/mol. The van der Waals surface area contributed by atoms with Crippen molar-refractivity contribution in [1.29, 1.82) is 0 Å². The van der Waals surface area contributed by atoms with E-state index in [1.54, 1.807) is 12.1 Å². The first-order valence-electron chi connectivity index (χ1n) is 8.99. The van der Waals surface area contributed by atoms with Gasteiger partial charge in [0.15, 0.2) is 10.4 Å². The maximum absolute atomic E-state index is 12.7. The third-order valence-electron chi connectivity index (χ3n) is 4.45.